The molecule has 0 radical (unpaired) electrons. The normalized spacial score (nSPS) is 13.2. The topological polar surface area (TPSA) is 3.24 Å². The van der Waals surface area contributed by atoms with Crippen LogP contribution in [0.25, 0.3) is 0 Å². The van der Waals surface area contributed by atoms with Crippen molar-refractivity contribution in [3.63, 3.8) is 0 Å². The van der Waals surface area contributed by atoms with Gasteiger partial charge in [0.05, 0.1) is 0 Å². The van der Waals surface area contributed by atoms with Crippen LogP contribution in [0.4, 0.5) is 4.39 Å². The summed E-state index contributed by atoms with van der Waals surface area (Å²) >= 11 is 5.69. The van der Waals surface area contributed by atoms with E-state index in [9.17, 15) is 4.39 Å². The van der Waals surface area contributed by atoms with Crippen molar-refractivity contribution < 1.29 is 4.39 Å². The second-order valence-corrected chi connectivity index (χ2v) is 3.86. The molecule has 0 N–H and O–H groups in total. The maximum absolute atomic E-state index is 13.5. The largest absolute Gasteiger partial charge is 0.302 e. The molecule has 0 aliphatic rings. The maximum Gasteiger partial charge on any atom is 0.127 e. The van der Waals surface area contributed by atoms with E-state index >= 15 is 0 Å². The van der Waals surface area contributed by atoms with Crippen molar-refractivity contribution in [3.8, 4) is 0 Å². The molecule has 1 atom stereocenters. The number of rotatable bonds is 4. The van der Waals surface area contributed by atoms with Gasteiger partial charge in [0.1, 0.15) is 5.82 Å². The summed E-state index contributed by atoms with van der Waals surface area (Å²) in [6.45, 7) is 0. The summed E-state index contributed by atoms with van der Waals surface area (Å²) in [5.74, 6) is 0.383. The first-order valence-electron chi connectivity index (χ1n) is 4.63. The van der Waals surface area contributed by atoms with Crippen LogP contribution in [0.5, 0.6) is 0 Å². The quantitative estimate of drug-likeness (QED) is 0.698. The third-order valence-corrected chi connectivity index (χ3v) is 2.49. The third kappa shape index (κ3) is 2.69. The molecule has 0 saturated heterocycles. The van der Waals surface area contributed by atoms with Gasteiger partial charge in [0.15, 0.2) is 0 Å². The second kappa shape index (κ2) is 5.32. The Morgan fingerprint density at radius 2 is 2.00 bits per heavy atom. The molecular weight excluding hydrogens is 201 g/mol. The van der Waals surface area contributed by atoms with Gasteiger partial charge in [-0.3, -0.25) is 0 Å². The third-order valence-electron chi connectivity index (χ3n) is 2.27. The maximum atomic E-state index is 13.5. The van der Waals surface area contributed by atoms with E-state index in [-0.39, 0.29) is 11.9 Å². The van der Waals surface area contributed by atoms with E-state index < -0.39 is 0 Å². The van der Waals surface area contributed by atoms with Crippen LogP contribution >= 0.6 is 11.6 Å². The van der Waals surface area contributed by atoms with Crippen LogP contribution in [-0.2, 0) is 0 Å². The fourth-order valence-electron chi connectivity index (χ4n) is 1.54. The highest BCUT2D eigenvalue weighted by molar-refractivity contribution is 6.17. The van der Waals surface area contributed by atoms with Gasteiger partial charge in [-0.1, -0.05) is 18.2 Å². The Balaban J connectivity index is 2.93. The van der Waals surface area contributed by atoms with Crippen LogP contribution < -0.4 is 0 Å². The van der Waals surface area contributed by atoms with E-state index in [0.29, 0.717) is 5.88 Å². The smallest absolute Gasteiger partial charge is 0.127 e. The van der Waals surface area contributed by atoms with Crippen LogP contribution in [-0.4, -0.2) is 24.9 Å². The van der Waals surface area contributed by atoms with Crippen molar-refractivity contribution in [3.05, 3.63) is 35.6 Å². The highest BCUT2D eigenvalue weighted by Gasteiger charge is 2.16. The van der Waals surface area contributed by atoms with E-state index in [4.69, 9.17) is 11.6 Å². The molecule has 0 aliphatic carbocycles. The number of alkyl halides is 1. The minimum absolute atomic E-state index is 0.0636. The molecule has 78 valence electrons. The van der Waals surface area contributed by atoms with Crippen molar-refractivity contribution >= 4 is 11.6 Å². The van der Waals surface area contributed by atoms with Gasteiger partial charge < -0.3 is 4.90 Å². The predicted octanol–water partition coefficient (Wildman–Crippen LogP) is 3.06. The Morgan fingerprint density at radius 3 is 2.50 bits per heavy atom. The molecule has 0 heterocycles. The van der Waals surface area contributed by atoms with Gasteiger partial charge in [-0.2, -0.15) is 0 Å². The van der Waals surface area contributed by atoms with E-state index in [2.05, 4.69) is 0 Å². The molecule has 1 rings (SSSR count). The zero-order valence-corrected chi connectivity index (χ0v) is 9.26. The standard InChI is InChI=1S/C11H15ClFN/c1-14(2)11(7-8-12)9-5-3-4-6-10(9)13/h3-6,11H,7-8H2,1-2H3. The molecule has 3 heteroatoms. The predicted molar refractivity (Wildman–Crippen MR) is 58.2 cm³/mol. The first-order valence-corrected chi connectivity index (χ1v) is 5.17. The highest BCUT2D eigenvalue weighted by atomic mass is 35.5. The molecular formula is C11H15ClFN. The molecule has 0 saturated carbocycles. The fourth-order valence-corrected chi connectivity index (χ4v) is 1.75. The van der Waals surface area contributed by atoms with Gasteiger partial charge in [-0.15, -0.1) is 11.6 Å². The van der Waals surface area contributed by atoms with E-state index in [1.165, 1.54) is 6.07 Å². The molecule has 1 unspecified atom stereocenters. The highest BCUT2D eigenvalue weighted by Crippen LogP contribution is 2.24. The zero-order valence-electron chi connectivity index (χ0n) is 8.50. The number of benzene rings is 1. The number of hydrogen-bond donors (Lipinski definition) is 0. The van der Waals surface area contributed by atoms with Crippen molar-refractivity contribution in [1.82, 2.24) is 4.90 Å². The van der Waals surface area contributed by atoms with E-state index in [1.54, 1.807) is 6.07 Å². The summed E-state index contributed by atoms with van der Waals surface area (Å²) in [5, 5.41) is 0. The summed E-state index contributed by atoms with van der Waals surface area (Å²) < 4.78 is 13.5. The lowest BCUT2D eigenvalue weighted by atomic mass is 10.0. The first kappa shape index (κ1) is 11.5. The minimum atomic E-state index is -0.156. The Hall–Kier alpha value is -0.600. The Bertz CT molecular complexity index is 288. The summed E-state index contributed by atoms with van der Waals surface area (Å²) in [4.78, 5) is 1.99. The van der Waals surface area contributed by atoms with Crippen molar-refractivity contribution in [2.75, 3.05) is 20.0 Å². The molecule has 0 spiro atoms. The Labute approximate surface area is 89.5 Å². The molecule has 1 aromatic rings. The molecule has 0 amide bonds. The molecule has 14 heavy (non-hydrogen) atoms. The zero-order chi connectivity index (χ0) is 10.6. The Kier molecular flexibility index (Phi) is 4.36. The van der Waals surface area contributed by atoms with Crippen molar-refractivity contribution in [1.29, 1.82) is 0 Å². The summed E-state index contributed by atoms with van der Waals surface area (Å²) in [6, 6.07) is 6.91. The number of halogens is 2. The van der Waals surface area contributed by atoms with E-state index in [1.807, 2.05) is 31.1 Å². The molecule has 1 nitrogen and oxygen atoms in total. The molecule has 0 fully saturated rings. The van der Waals surface area contributed by atoms with E-state index in [0.717, 1.165) is 12.0 Å². The van der Waals surface area contributed by atoms with Gasteiger partial charge in [0, 0.05) is 17.5 Å². The van der Waals surface area contributed by atoms with Crippen molar-refractivity contribution in [2.45, 2.75) is 12.5 Å². The molecule has 0 aromatic heterocycles. The minimum Gasteiger partial charge on any atom is -0.302 e. The number of hydrogen-bond acceptors (Lipinski definition) is 1. The van der Waals surface area contributed by atoms with Gasteiger partial charge in [0.25, 0.3) is 0 Å². The average Bonchev–Trinajstić information content (AvgIpc) is 2.15. The fraction of sp³-hybridized carbons (Fsp3) is 0.455. The van der Waals surface area contributed by atoms with Gasteiger partial charge >= 0.3 is 0 Å². The molecule has 0 aliphatic heterocycles. The van der Waals surface area contributed by atoms with Gasteiger partial charge in [0.2, 0.25) is 0 Å². The first-order chi connectivity index (χ1) is 6.66. The Morgan fingerprint density at radius 1 is 1.36 bits per heavy atom. The van der Waals surface area contributed by atoms with Crippen LogP contribution in [0.3, 0.4) is 0 Å². The van der Waals surface area contributed by atoms with Gasteiger partial charge in [-0.25, -0.2) is 4.39 Å². The lowest BCUT2D eigenvalue weighted by Crippen LogP contribution is -2.21. The average molecular weight is 216 g/mol. The molecule has 0 bridgehead atoms. The summed E-state index contributed by atoms with van der Waals surface area (Å²) in [6.07, 6.45) is 0.759. The van der Waals surface area contributed by atoms with Crippen LogP contribution in [0.2, 0.25) is 0 Å². The summed E-state index contributed by atoms with van der Waals surface area (Å²) in [7, 11) is 3.87. The lowest BCUT2D eigenvalue weighted by Gasteiger charge is -2.24. The van der Waals surface area contributed by atoms with Crippen molar-refractivity contribution in [2.24, 2.45) is 0 Å². The molecule has 1 aromatic carbocycles. The SMILES string of the molecule is CN(C)C(CCCl)c1ccccc1F. The monoisotopic (exact) mass is 215 g/mol. The van der Waals surface area contributed by atoms with Crippen LogP contribution in [0.15, 0.2) is 24.3 Å². The van der Waals surface area contributed by atoms with Crippen LogP contribution in [0.1, 0.15) is 18.0 Å². The lowest BCUT2D eigenvalue weighted by molar-refractivity contribution is 0.285. The number of nitrogens with zero attached hydrogens (tertiary/aromatic N) is 1. The van der Waals surface area contributed by atoms with Crippen LogP contribution in [0, 0.1) is 5.82 Å². The van der Waals surface area contributed by atoms with Gasteiger partial charge in [-0.05, 0) is 26.6 Å². The summed E-state index contributed by atoms with van der Waals surface area (Å²) in [5.41, 5.74) is 0.721. The second-order valence-electron chi connectivity index (χ2n) is 3.48.